The van der Waals surface area contributed by atoms with E-state index in [1.54, 1.807) is 6.42 Å². The maximum absolute atomic E-state index is 4.37. The summed E-state index contributed by atoms with van der Waals surface area (Å²) in [5, 5.41) is 0. The smallest absolute Gasteiger partial charge is 0.0152 e. The van der Waals surface area contributed by atoms with Crippen LogP contribution in [0.5, 0.6) is 0 Å². The van der Waals surface area contributed by atoms with Crippen LogP contribution in [0, 0.1) is 40.9 Å². The number of fused-ring (bicyclic) bond motifs is 3. The molecule has 0 saturated heterocycles. The van der Waals surface area contributed by atoms with Gasteiger partial charge in [-0.2, -0.15) is 0 Å². The van der Waals surface area contributed by atoms with Crippen LogP contribution in [-0.2, 0) is 0 Å². The standard InChI is InChI=1S/C24H42/c1-6-8-10-18-11-12-21-20(19(18)9-7-2)15-16-24(5)22(17(3)4)13-14-23(21)24/h18-23H,3,6-16H2,1-2,4-5H3. The van der Waals surface area contributed by atoms with E-state index in [0.29, 0.717) is 5.41 Å². The van der Waals surface area contributed by atoms with Crippen LogP contribution in [0.1, 0.15) is 98.3 Å². The van der Waals surface area contributed by atoms with Gasteiger partial charge in [0.25, 0.3) is 0 Å². The Labute approximate surface area is 151 Å². The third-order valence-electron chi connectivity index (χ3n) is 8.66. The Bertz CT molecular complexity index is 435. The van der Waals surface area contributed by atoms with Gasteiger partial charge in [-0.15, -0.1) is 0 Å². The van der Waals surface area contributed by atoms with Crippen LogP contribution < -0.4 is 0 Å². The Balaban J connectivity index is 1.78. The Morgan fingerprint density at radius 2 is 1.75 bits per heavy atom. The van der Waals surface area contributed by atoms with Crippen molar-refractivity contribution >= 4 is 0 Å². The van der Waals surface area contributed by atoms with E-state index in [-0.39, 0.29) is 0 Å². The van der Waals surface area contributed by atoms with E-state index in [4.69, 9.17) is 0 Å². The van der Waals surface area contributed by atoms with Gasteiger partial charge in [0.15, 0.2) is 0 Å². The van der Waals surface area contributed by atoms with Crippen LogP contribution in [-0.4, -0.2) is 0 Å². The SMILES string of the molecule is C=C(C)C1CCC2C3CCC(CCCC)C(CCC)C3CCC12C. The molecule has 3 fully saturated rings. The zero-order chi connectivity index (χ0) is 17.3. The van der Waals surface area contributed by atoms with Gasteiger partial charge in [-0.1, -0.05) is 65.0 Å². The van der Waals surface area contributed by atoms with Crippen LogP contribution in [0.3, 0.4) is 0 Å². The van der Waals surface area contributed by atoms with Crippen LogP contribution in [0.2, 0.25) is 0 Å². The quantitative estimate of drug-likeness (QED) is 0.439. The van der Waals surface area contributed by atoms with Crippen molar-refractivity contribution in [1.29, 1.82) is 0 Å². The molecule has 138 valence electrons. The lowest BCUT2D eigenvalue weighted by Gasteiger charge is -2.55. The number of hydrogen-bond acceptors (Lipinski definition) is 0. The van der Waals surface area contributed by atoms with Crippen molar-refractivity contribution in [2.75, 3.05) is 0 Å². The van der Waals surface area contributed by atoms with Gasteiger partial charge in [-0.3, -0.25) is 0 Å². The summed E-state index contributed by atoms with van der Waals surface area (Å²) in [6.07, 6.45) is 16.3. The highest BCUT2D eigenvalue weighted by Crippen LogP contribution is 2.64. The molecule has 0 amide bonds. The van der Waals surface area contributed by atoms with Gasteiger partial charge in [0.2, 0.25) is 0 Å². The Kier molecular flexibility index (Phi) is 5.83. The normalized spacial score (nSPS) is 44.8. The minimum Gasteiger partial charge on any atom is -0.0998 e. The molecule has 24 heavy (non-hydrogen) atoms. The van der Waals surface area contributed by atoms with Gasteiger partial charge in [-0.25, -0.2) is 0 Å². The summed E-state index contributed by atoms with van der Waals surface area (Å²) in [5.74, 6) is 6.02. The lowest BCUT2D eigenvalue weighted by Crippen LogP contribution is -2.47. The topological polar surface area (TPSA) is 0 Å². The minimum absolute atomic E-state index is 0.583. The molecule has 3 aliphatic carbocycles. The molecule has 0 N–H and O–H groups in total. The maximum Gasteiger partial charge on any atom is -0.0152 e. The van der Waals surface area contributed by atoms with E-state index < -0.39 is 0 Å². The highest BCUT2D eigenvalue weighted by atomic mass is 14.6. The van der Waals surface area contributed by atoms with Crippen molar-refractivity contribution in [3.8, 4) is 0 Å². The van der Waals surface area contributed by atoms with Crippen molar-refractivity contribution in [2.45, 2.75) is 98.3 Å². The van der Waals surface area contributed by atoms with Gasteiger partial charge in [0, 0.05) is 0 Å². The van der Waals surface area contributed by atoms with Crippen molar-refractivity contribution in [3.05, 3.63) is 12.2 Å². The summed E-state index contributed by atoms with van der Waals surface area (Å²) in [4.78, 5) is 0. The van der Waals surface area contributed by atoms with Crippen molar-refractivity contribution < 1.29 is 0 Å². The van der Waals surface area contributed by atoms with E-state index in [2.05, 4.69) is 34.3 Å². The average Bonchev–Trinajstić information content (AvgIpc) is 2.91. The molecule has 0 bridgehead atoms. The van der Waals surface area contributed by atoms with Crippen LogP contribution >= 0.6 is 0 Å². The van der Waals surface area contributed by atoms with E-state index >= 15 is 0 Å². The van der Waals surface area contributed by atoms with Gasteiger partial charge in [-0.05, 0) is 86.4 Å². The first-order chi connectivity index (χ1) is 11.5. The summed E-state index contributed by atoms with van der Waals surface area (Å²) in [5.41, 5.74) is 2.06. The molecule has 0 spiro atoms. The first-order valence-electron chi connectivity index (χ1n) is 11.2. The molecule has 0 aromatic carbocycles. The summed E-state index contributed by atoms with van der Waals surface area (Å²) >= 11 is 0. The third-order valence-corrected chi connectivity index (χ3v) is 8.66. The third kappa shape index (κ3) is 3.12. The molecule has 0 aromatic rings. The Morgan fingerprint density at radius 1 is 0.958 bits per heavy atom. The lowest BCUT2D eigenvalue weighted by atomic mass is 9.50. The van der Waals surface area contributed by atoms with Crippen molar-refractivity contribution in [2.24, 2.45) is 40.9 Å². The van der Waals surface area contributed by atoms with Gasteiger partial charge < -0.3 is 0 Å². The predicted molar refractivity (Wildman–Crippen MR) is 106 cm³/mol. The number of unbranched alkanes of at least 4 members (excludes halogenated alkanes) is 1. The number of rotatable bonds is 6. The highest BCUT2D eigenvalue weighted by Gasteiger charge is 2.56. The van der Waals surface area contributed by atoms with Crippen molar-refractivity contribution in [1.82, 2.24) is 0 Å². The molecule has 7 atom stereocenters. The second-order valence-corrected chi connectivity index (χ2v) is 9.89. The molecule has 0 aromatic heterocycles. The zero-order valence-electron chi connectivity index (χ0n) is 16.9. The largest absolute Gasteiger partial charge is 0.0998 e. The maximum atomic E-state index is 4.37. The van der Waals surface area contributed by atoms with E-state index in [9.17, 15) is 0 Å². The Morgan fingerprint density at radius 3 is 2.42 bits per heavy atom. The average molecular weight is 331 g/mol. The first-order valence-corrected chi connectivity index (χ1v) is 11.2. The van der Waals surface area contributed by atoms with E-state index in [1.165, 1.54) is 69.8 Å². The van der Waals surface area contributed by atoms with Crippen LogP contribution in [0.4, 0.5) is 0 Å². The van der Waals surface area contributed by atoms with Crippen LogP contribution in [0.25, 0.3) is 0 Å². The predicted octanol–water partition coefficient (Wildman–Crippen LogP) is 7.64. The molecule has 0 nitrogen and oxygen atoms in total. The first kappa shape index (κ1) is 18.5. The fourth-order valence-electron chi connectivity index (χ4n) is 7.65. The molecule has 0 radical (unpaired) electrons. The summed E-state index contributed by atoms with van der Waals surface area (Å²) in [6.45, 7) is 14.1. The van der Waals surface area contributed by atoms with E-state index in [0.717, 1.165) is 35.5 Å². The molecular formula is C24H42. The molecule has 0 aliphatic heterocycles. The zero-order valence-corrected chi connectivity index (χ0v) is 16.9. The molecule has 0 heteroatoms. The fraction of sp³-hybridized carbons (Fsp3) is 0.917. The summed E-state index contributed by atoms with van der Waals surface area (Å²) < 4.78 is 0. The molecule has 7 unspecified atom stereocenters. The second kappa shape index (κ2) is 7.55. The van der Waals surface area contributed by atoms with E-state index in [1.807, 2.05) is 0 Å². The Hall–Kier alpha value is -0.260. The molecule has 3 rings (SSSR count). The number of hydrogen-bond donors (Lipinski definition) is 0. The van der Waals surface area contributed by atoms with Gasteiger partial charge in [0.1, 0.15) is 0 Å². The second-order valence-electron chi connectivity index (χ2n) is 9.89. The fourth-order valence-corrected chi connectivity index (χ4v) is 7.65. The van der Waals surface area contributed by atoms with Crippen LogP contribution in [0.15, 0.2) is 12.2 Å². The molecule has 3 aliphatic rings. The minimum atomic E-state index is 0.583. The number of allylic oxidation sites excluding steroid dienone is 1. The van der Waals surface area contributed by atoms with Crippen molar-refractivity contribution in [3.63, 3.8) is 0 Å². The molecular weight excluding hydrogens is 288 g/mol. The summed E-state index contributed by atoms with van der Waals surface area (Å²) in [6, 6.07) is 0. The van der Waals surface area contributed by atoms with Gasteiger partial charge >= 0.3 is 0 Å². The monoisotopic (exact) mass is 330 g/mol. The molecule has 0 heterocycles. The highest BCUT2D eigenvalue weighted by molar-refractivity contribution is 5.13. The lowest BCUT2D eigenvalue weighted by molar-refractivity contribution is -0.0513. The molecule has 3 saturated carbocycles. The summed E-state index contributed by atoms with van der Waals surface area (Å²) in [7, 11) is 0. The van der Waals surface area contributed by atoms with Gasteiger partial charge in [0.05, 0.1) is 0 Å².